The molecule has 2 N–H and O–H groups in total. The Balaban J connectivity index is 1.95. The van der Waals surface area contributed by atoms with E-state index in [9.17, 15) is 0 Å². The smallest absolute Gasteiger partial charge is 0.130 e. The number of piperidine rings is 1. The average Bonchev–Trinajstić information content (AvgIpc) is 2.94. The molecule has 1 aliphatic carbocycles. The fraction of sp³-hybridized carbons (Fsp3) is 0.786. The van der Waals surface area contributed by atoms with Crippen molar-refractivity contribution in [2.24, 2.45) is 18.7 Å². The van der Waals surface area contributed by atoms with Gasteiger partial charge in [-0.15, -0.1) is 0 Å². The Hall–Kier alpha value is -1.03. The van der Waals surface area contributed by atoms with Crippen molar-refractivity contribution in [3.05, 3.63) is 11.3 Å². The van der Waals surface area contributed by atoms with E-state index < -0.39 is 0 Å². The Morgan fingerprint density at radius 2 is 2.22 bits per heavy atom. The highest BCUT2D eigenvalue weighted by atomic mass is 15.4. The van der Waals surface area contributed by atoms with Crippen LogP contribution in [0.15, 0.2) is 0 Å². The summed E-state index contributed by atoms with van der Waals surface area (Å²) in [5, 5.41) is 4.61. The molecule has 18 heavy (non-hydrogen) atoms. The highest BCUT2D eigenvalue weighted by Gasteiger charge is 2.40. The third kappa shape index (κ3) is 1.83. The molecular weight excluding hydrogens is 224 g/mol. The minimum Gasteiger partial charge on any atom is -0.353 e. The third-order valence-electron chi connectivity index (χ3n) is 4.52. The van der Waals surface area contributed by atoms with Gasteiger partial charge in [-0.05, 0) is 45.4 Å². The normalized spacial score (nSPS) is 28.1. The van der Waals surface area contributed by atoms with Gasteiger partial charge >= 0.3 is 0 Å². The molecule has 1 aromatic heterocycles. The fourth-order valence-corrected chi connectivity index (χ4v) is 3.79. The van der Waals surface area contributed by atoms with E-state index in [1.807, 2.05) is 0 Å². The number of rotatable bonds is 3. The van der Waals surface area contributed by atoms with Gasteiger partial charge in [0, 0.05) is 31.2 Å². The Morgan fingerprint density at radius 1 is 1.44 bits per heavy atom. The molecule has 0 spiro atoms. The second-order valence-corrected chi connectivity index (χ2v) is 6.18. The van der Waals surface area contributed by atoms with Crippen molar-refractivity contribution < 1.29 is 0 Å². The lowest BCUT2D eigenvalue weighted by atomic mass is 10.1. The van der Waals surface area contributed by atoms with Crippen LogP contribution >= 0.6 is 0 Å². The molecule has 1 saturated heterocycles. The summed E-state index contributed by atoms with van der Waals surface area (Å²) in [5.41, 5.74) is 8.50. The molecule has 2 heterocycles. The van der Waals surface area contributed by atoms with Crippen LogP contribution in [0.3, 0.4) is 0 Å². The monoisotopic (exact) mass is 248 g/mol. The minimum absolute atomic E-state index is 0.200. The van der Waals surface area contributed by atoms with E-state index in [1.54, 1.807) is 0 Å². The molecule has 3 atom stereocenters. The van der Waals surface area contributed by atoms with E-state index in [1.165, 1.54) is 37.2 Å². The van der Waals surface area contributed by atoms with E-state index in [0.29, 0.717) is 0 Å². The summed E-state index contributed by atoms with van der Waals surface area (Å²) in [6, 6.07) is 0.947. The third-order valence-corrected chi connectivity index (χ3v) is 4.52. The Morgan fingerprint density at radius 3 is 2.78 bits per heavy atom. The summed E-state index contributed by atoms with van der Waals surface area (Å²) >= 11 is 0. The second-order valence-electron chi connectivity index (χ2n) is 6.18. The van der Waals surface area contributed by atoms with Crippen molar-refractivity contribution in [1.29, 1.82) is 0 Å². The predicted molar refractivity (Wildman–Crippen MR) is 73.8 cm³/mol. The summed E-state index contributed by atoms with van der Waals surface area (Å²) in [6.07, 6.45) is 5.08. The van der Waals surface area contributed by atoms with Gasteiger partial charge in [0.15, 0.2) is 0 Å². The number of nitrogens with two attached hydrogens (primary N) is 1. The molecule has 3 unspecified atom stereocenters. The first kappa shape index (κ1) is 12.0. The maximum Gasteiger partial charge on any atom is 0.130 e. The van der Waals surface area contributed by atoms with E-state index in [2.05, 4.69) is 35.6 Å². The Bertz CT molecular complexity index is 449. The predicted octanol–water partition coefficient (Wildman–Crippen LogP) is 1.61. The van der Waals surface area contributed by atoms with E-state index in [0.717, 1.165) is 24.1 Å². The Labute approximate surface area is 109 Å². The number of aromatic nitrogens is 2. The summed E-state index contributed by atoms with van der Waals surface area (Å²) in [6.45, 7) is 5.40. The van der Waals surface area contributed by atoms with Gasteiger partial charge in [-0.25, -0.2) is 0 Å². The highest BCUT2D eigenvalue weighted by molar-refractivity contribution is 5.53. The highest BCUT2D eigenvalue weighted by Crippen LogP contribution is 2.41. The van der Waals surface area contributed by atoms with E-state index >= 15 is 0 Å². The van der Waals surface area contributed by atoms with Crippen LogP contribution in [0.1, 0.15) is 37.4 Å². The number of fused-ring (bicyclic) bond motifs is 2. The first-order chi connectivity index (χ1) is 8.56. The first-order valence-corrected chi connectivity index (χ1v) is 7.11. The molecule has 2 fully saturated rings. The molecule has 2 bridgehead atoms. The molecule has 1 saturated carbocycles. The lowest BCUT2D eigenvalue weighted by molar-refractivity contribution is 0.540. The maximum absolute atomic E-state index is 5.99. The van der Waals surface area contributed by atoms with Gasteiger partial charge in [0.1, 0.15) is 5.82 Å². The molecule has 2 aliphatic rings. The number of aryl methyl sites for hydroxylation is 2. The van der Waals surface area contributed by atoms with Crippen molar-refractivity contribution in [3.8, 4) is 0 Å². The van der Waals surface area contributed by atoms with E-state index in [-0.39, 0.29) is 6.04 Å². The van der Waals surface area contributed by atoms with Gasteiger partial charge in [0.2, 0.25) is 0 Å². The molecule has 4 heteroatoms. The molecule has 100 valence electrons. The van der Waals surface area contributed by atoms with Gasteiger partial charge in [-0.3, -0.25) is 4.68 Å². The van der Waals surface area contributed by atoms with Crippen LogP contribution in [-0.4, -0.2) is 28.4 Å². The average molecular weight is 248 g/mol. The largest absolute Gasteiger partial charge is 0.353 e. The quantitative estimate of drug-likeness (QED) is 0.884. The van der Waals surface area contributed by atoms with Crippen LogP contribution in [0.5, 0.6) is 0 Å². The van der Waals surface area contributed by atoms with Gasteiger partial charge in [-0.1, -0.05) is 0 Å². The number of hydrogen-bond acceptors (Lipinski definition) is 3. The van der Waals surface area contributed by atoms with Crippen LogP contribution in [0.25, 0.3) is 0 Å². The second kappa shape index (κ2) is 4.26. The summed E-state index contributed by atoms with van der Waals surface area (Å²) in [7, 11) is 2.07. The van der Waals surface area contributed by atoms with Crippen molar-refractivity contribution in [2.45, 2.75) is 51.6 Å². The van der Waals surface area contributed by atoms with Crippen LogP contribution in [0.4, 0.5) is 5.82 Å². The summed E-state index contributed by atoms with van der Waals surface area (Å²) in [4.78, 5) is 2.59. The zero-order valence-corrected chi connectivity index (χ0v) is 11.7. The van der Waals surface area contributed by atoms with Gasteiger partial charge < -0.3 is 10.6 Å². The first-order valence-electron chi connectivity index (χ1n) is 7.11. The fourth-order valence-electron chi connectivity index (χ4n) is 3.79. The van der Waals surface area contributed by atoms with Crippen molar-refractivity contribution in [3.63, 3.8) is 0 Å². The number of anilines is 1. The summed E-state index contributed by atoms with van der Waals surface area (Å²) in [5.74, 6) is 2.24. The molecule has 0 radical (unpaired) electrons. The number of hydrogen-bond donors (Lipinski definition) is 1. The topological polar surface area (TPSA) is 47.1 Å². The molecule has 1 aromatic rings. The van der Waals surface area contributed by atoms with Gasteiger partial charge in [0.05, 0.1) is 5.69 Å². The van der Waals surface area contributed by atoms with Crippen LogP contribution in [-0.2, 0) is 13.5 Å². The lowest BCUT2D eigenvalue weighted by Crippen LogP contribution is -2.34. The molecule has 4 nitrogen and oxygen atoms in total. The van der Waals surface area contributed by atoms with Crippen molar-refractivity contribution in [2.75, 3.05) is 11.4 Å². The lowest BCUT2D eigenvalue weighted by Gasteiger charge is -2.30. The molecule has 3 rings (SSSR count). The maximum atomic E-state index is 5.99. The van der Waals surface area contributed by atoms with Gasteiger partial charge in [-0.2, -0.15) is 5.10 Å². The molecule has 0 amide bonds. The molecular formula is C14H24N4. The number of nitrogens with zero attached hydrogens (tertiary/aromatic N) is 3. The van der Waals surface area contributed by atoms with Crippen molar-refractivity contribution >= 4 is 5.82 Å². The summed E-state index contributed by atoms with van der Waals surface area (Å²) < 4.78 is 2.06. The van der Waals surface area contributed by atoms with E-state index in [4.69, 9.17) is 5.73 Å². The zero-order chi connectivity index (χ0) is 12.9. The van der Waals surface area contributed by atoms with Crippen LogP contribution in [0.2, 0.25) is 0 Å². The minimum atomic E-state index is 0.200. The van der Waals surface area contributed by atoms with Crippen LogP contribution < -0.4 is 10.6 Å². The molecule has 1 aliphatic heterocycles. The van der Waals surface area contributed by atoms with Crippen LogP contribution in [0, 0.1) is 12.8 Å². The SMILES string of the molecule is Cc1nn(C)c(N2CC3CCC2C3)c1CC(C)N. The Kier molecular flexibility index (Phi) is 2.85. The molecule has 0 aromatic carbocycles. The van der Waals surface area contributed by atoms with Crippen molar-refractivity contribution in [1.82, 2.24) is 9.78 Å². The van der Waals surface area contributed by atoms with Gasteiger partial charge in [0.25, 0.3) is 0 Å². The standard InChI is InChI=1S/C14H24N4/c1-9(15)6-13-10(2)16-17(3)14(13)18-8-11-4-5-12(18)7-11/h9,11-12H,4-8,15H2,1-3H3. The zero-order valence-electron chi connectivity index (χ0n) is 11.7.